The summed E-state index contributed by atoms with van der Waals surface area (Å²) in [6.07, 6.45) is -1.06. The van der Waals surface area contributed by atoms with Gasteiger partial charge in [-0.1, -0.05) is 18.2 Å². The molecule has 1 saturated heterocycles. The fraction of sp³-hybridized carbons (Fsp3) is 0.269. The molecule has 0 bridgehead atoms. The Bertz CT molecular complexity index is 1280. The number of halogens is 3. The first kappa shape index (κ1) is 23.7. The van der Waals surface area contributed by atoms with Crippen LogP contribution in [-0.2, 0) is 15.1 Å². The smallest absolute Gasteiger partial charge is 0.491 e. The van der Waals surface area contributed by atoms with Crippen LogP contribution in [0, 0.1) is 0 Å². The van der Waals surface area contributed by atoms with Gasteiger partial charge >= 0.3 is 6.36 Å². The van der Waals surface area contributed by atoms with Crippen molar-refractivity contribution in [3.8, 4) is 11.5 Å². The summed E-state index contributed by atoms with van der Waals surface area (Å²) in [4.78, 5) is 32.8. The van der Waals surface area contributed by atoms with E-state index < -0.39 is 11.9 Å². The Morgan fingerprint density at radius 2 is 1.92 bits per heavy atom. The molecule has 1 aromatic heterocycles. The number of nitrogens with zero attached hydrogens (tertiary/aromatic N) is 3. The van der Waals surface area contributed by atoms with Gasteiger partial charge in [0, 0.05) is 37.0 Å². The third-order valence-corrected chi connectivity index (χ3v) is 6.46. The minimum Gasteiger partial charge on any atom is -0.491 e. The first-order valence-electron chi connectivity index (χ1n) is 11.4. The molecule has 2 amide bonds. The molecule has 2 aliphatic rings. The summed E-state index contributed by atoms with van der Waals surface area (Å²) in [5, 5.41) is 0. The van der Waals surface area contributed by atoms with Crippen LogP contribution in [0.1, 0.15) is 30.5 Å². The van der Waals surface area contributed by atoms with Gasteiger partial charge in [0.1, 0.15) is 22.7 Å². The Kier molecular flexibility index (Phi) is 6.03. The normalized spacial score (nSPS) is 19.4. The number of benzene rings is 2. The second-order valence-corrected chi connectivity index (χ2v) is 8.53. The summed E-state index contributed by atoms with van der Waals surface area (Å²) in [6, 6.07) is 15.9. The van der Waals surface area contributed by atoms with Crippen LogP contribution in [0.3, 0.4) is 0 Å². The predicted molar refractivity (Wildman–Crippen MR) is 125 cm³/mol. The predicted octanol–water partition coefficient (Wildman–Crippen LogP) is 4.80. The maximum Gasteiger partial charge on any atom is 0.573 e. The molecule has 0 N–H and O–H groups in total. The van der Waals surface area contributed by atoms with E-state index in [0.29, 0.717) is 54.2 Å². The van der Waals surface area contributed by atoms with Crippen LogP contribution in [0.2, 0.25) is 0 Å². The van der Waals surface area contributed by atoms with Gasteiger partial charge < -0.3 is 14.4 Å². The van der Waals surface area contributed by atoms with Gasteiger partial charge in [-0.05, 0) is 54.4 Å². The molecule has 0 spiro atoms. The van der Waals surface area contributed by atoms with Crippen LogP contribution in [-0.4, -0.2) is 36.8 Å². The highest BCUT2D eigenvalue weighted by Crippen LogP contribution is 2.47. The van der Waals surface area contributed by atoms with Gasteiger partial charge in [0.15, 0.2) is 0 Å². The highest BCUT2D eigenvalue weighted by Gasteiger charge is 2.47. The highest BCUT2D eigenvalue weighted by atomic mass is 19.4. The van der Waals surface area contributed by atoms with E-state index in [1.807, 2.05) is 6.07 Å². The van der Waals surface area contributed by atoms with Crippen LogP contribution in [0.15, 0.2) is 66.9 Å². The molecular formula is C26H22F3N3O4. The van der Waals surface area contributed by atoms with Gasteiger partial charge in [0.2, 0.25) is 12.3 Å². The lowest BCUT2D eigenvalue weighted by Gasteiger charge is -2.45. The Morgan fingerprint density at radius 1 is 1.11 bits per heavy atom. The fourth-order valence-electron chi connectivity index (χ4n) is 4.93. The first-order chi connectivity index (χ1) is 17.3. The number of hydrogen-bond acceptors (Lipinski definition) is 5. The zero-order valence-electron chi connectivity index (χ0n) is 19.1. The van der Waals surface area contributed by atoms with Crippen LogP contribution in [0.4, 0.5) is 24.5 Å². The number of fused-ring (bicyclic) bond motifs is 1. The monoisotopic (exact) mass is 497 g/mol. The van der Waals surface area contributed by atoms with Crippen molar-refractivity contribution in [1.82, 2.24) is 4.98 Å². The maximum atomic E-state index is 12.7. The Balaban J connectivity index is 1.64. The second kappa shape index (κ2) is 9.18. The Morgan fingerprint density at radius 3 is 2.61 bits per heavy atom. The molecule has 5 rings (SSSR count). The summed E-state index contributed by atoms with van der Waals surface area (Å²) in [7, 11) is 0. The summed E-state index contributed by atoms with van der Waals surface area (Å²) < 4.78 is 48.1. The van der Waals surface area contributed by atoms with Crippen molar-refractivity contribution in [3.05, 3.63) is 78.1 Å². The largest absolute Gasteiger partial charge is 0.573 e. The molecule has 0 radical (unpaired) electrons. The van der Waals surface area contributed by atoms with Crippen molar-refractivity contribution < 1.29 is 32.2 Å². The molecule has 7 nitrogen and oxygen atoms in total. The van der Waals surface area contributed by atoms with E-state index in [1.165, 1.54) is 29.2 Å². The third kappa shape index (κ3) is 4.23. The average Bonchev–Trinajstić information content (AvgIpc) is 3.30. The molecule has 1 atom stereocenters. The van der Waals surface area contributed by atoms with E-state index in [-0.39, 0.29) is 18.3 Å². The van der Waals surface area contributed by atoms with Crippen LogP contribution >= 0.6 is 0 Å². The number of ether oxygens (including phenoxy) is 2. The van der Waals surface area contributed by atoms with Crippen molar-refractivity contribution in [3.63, 3.8) is 0 Å². The summed E-state index contributed by atoms with van der Waals surface area (Å²) in [5.41, 5.74) is 0.988. The molecule has 3 aromatic rings. The van der Waals surface area contributed by atoms with Gasteiger partial charge in [-0.2, -0.15) is 0 Å². The van der Waals surface area contributed by atoms with Gasteiger partial charge in [-0.15, -0.1) is 13.2 Å². The molecule has 3 heterocycles. The Hall–Kier alpha value is -4.08. The number of amides is 2. The highest BCUT2D eigenvalue weighted by molar-refractivity contribution is 5.96. The van der Waals surface area contributed by atoms with Gasteiger partial charge in [-0.25, -0.2) is 0 Å². The minimum atomic E-state index is -4.83. The van der Waals surface area contributed by atoms with Gasteiger partial charge in [0.25, 0.3) is 0 Å². The van der Waals surface area contributed by atoms with E-state index in [9.17, 15) is 22.8 Å². The zero-order valence-corrected chi connectivity index (χ0v) is 19.1. The molecule has 186 valence electrons. The molecule has 1 fully saturated rings. The maximum absolute atomic E-state index is 12.7. The van der Waals surface area contributed by atoms with Crippen molar-refractivity contribution >= 4 is 23.7 Å². The van der Waals surface area contributed by atoms with Crippen LogP contribution < -0.4 is 19.3 Å². The molecule has 2 aromatic carbocycles. The molecule has 36 heavy (non-hydrogen) atoms. The summed E-state index contributed by atoms with van der Waals surface area (Å²) in [6.45, 7) is 0.835. The molecule has 1 unspecified atom stereocenters. The lowest BCUT2D eigenvalue weighted by atomic mass is 9.79. The van der Waals surface area contributed by atoms with Crippen molar-refractivity contribution in [2.24, 2.45) is 0 Å². The number of aromatic nitrogens is 1. The molecular weight excluding hydrogens is 475 g/mol. The van der Waals surface area contributed by atoms with E-state index in [0.717, 1.165) is 6.42 Å². The summed E-state index contributed by atoms with van der Waals surface area (Å²) in [5.74, 6) is 0.108. The van der Waals surface area contributed by atoms with E-state index in [1.54, 1.807) is 41.4 Å². The average molecular weight is 497 g/mol. The van der Waals surface area contributed by atoms with Gasteiger partial charge in [-0.3, -0.25) is 19.5 Å². The standard InChI is InChI=1S/C26H22F3N3O4/c27-26(28,29)36-21-10-8-18(9-11-21)25(12-15-35-22-6-2-13-30-24(22)25)32(17-33)20-5-1-4-19(16-20)31-14-3-7-23(31)34/h1-2,4-6,8-11,13,16-17H,3,7,12,14-15H2. The molecule has 10 heteroatoms. The Labute approximate surface area is 205 Å². The second-order valence-electron chi connectivity index (χ2n) is 8.53. The van der Waals surface area contributed by atoms with E-state index >= 15 is 0 Å². The number of anilines is 2. The first-order valence-corrected chi connectivity index (χ1v) is 11.4. The van der Waals surface area contributed by atoms with Crippen LogP contribution in [0.5, 0.6) is 11.5 Å². The molecule has 2 aliphatic heterocycles. The van der Waals surface area contributed by atoms with Crippen LogP contribution in [0.25, 0.3) is 0 Å². The fourth-order valence-corrected chi connectivity index (χ4v) is 4.93. The third-order valence-electron chi connectivity index (χ3n) is 6.46. The lowest BCUT2D eigenvalue weighted by molar-refractivity contribution is -0.274. The number of carbonyl (C=O) groups excluding carboxylic acids is 2. The number of hydrogen-bond donors (Lipinski definition) is 0. The number of pyridine rings is 1. The van der Waals surface area contributed by atoms with Crippen molar-refractivity contribution in [1.29, 1.82) is 0 Å². The number of carbonyl (C=O) groups is 2. The quantitative estimate of drug-likeness (QED) is 0.458. The topological polar surface area (TPSA) is 72.0 Å². The molecule has 0 saturated carbocycles. The lowest BCUT2D eigenvalue weighted by Crippen LogP contribution is -2.50. The van der Waals surface area contributed by atoms with E-state index in [2.05, 4.69) is 9.72 Å². The van der Waals surface area contributed by atoms with Gasteiger partial charge in [0.05, 0.1) is 6.61 Å². The number of alkyl halides is 3. The van der Waals surface area contributed by atoms with Crippen molar-refractivity contribution in [2.75, 3.05) is 23.0 Å². The van der Waals surface area contributed by atoms with Crippen molar-refractivity contribution in [2.45, 2.75) is 31.2 Å². The zero-order chi connectivity index (χ0) is 25.3. The minimum absolute atomic E-state index is 0.0119. The molecule has 0 aliphatic carbocycles. The summed E-state index contributed by atoms with van der Waals surface area (Å²) >= 11 is 0. The number of rotatable bonds is 6. The SMILES string of the molecule is O=CN(c1cccc(N2CCCC2=O)c1)C1(c2ccc(OC(F)(F)F)cc2)CCOc2cccnc21. The van der Waals surface area contributed by atoms with E-state index in [4.69, 9.17) is 4.74 Å².